The molecule has 2 aliphatic rings. The molecule has 7 aromatic carbocycles. The zero-order valence-corrected chi connectivity index (χ0v) is 28.0. The van der Waals surface area contributed by atoms with Gasteiger partial charge in [0.15, 0.2) is 5.82 Å². The summed E-state index contributed by atoms with van der Waals surface area (Å²) in [5.74, 6) is 2.27. The summed E-state index contributed by atoms with van der Waals surface area (Å²) in [6.07, 6.45) is 0. The van der Waals surface area contributed by atoms with E-state index < -0.39 is 5.41 Å². The van der Waals surface area contributed by atoms with Gasteiger partial charge in [-0.05, 0) is 69.8 Å². The molecular weight excluding hydrogens is 635 g/mol. The van der Waals surface area contributed by atoms with Gasteiger partial charge < -0.3 is 4.74 Å². The highest BCUT2D eigenvalue weighted by Crippen LogP contribution is 2.63. The fourth-order valence-electron chi connectivity index (χ4n) is 8.12. The van der Waals surface area contributed by atoms with Crippen LogP contribution in [0.3, 0.4) is 0 Å². The van der Waals surface area contributed by atoms with Crippen molar-refractivity contribution in [1.82, 2.24) is 9.97 Å². The summed E-state index contributed by atoms with van der Waals surface area (Å²) in [7, 11) is 0. The standard InChI is InChI=1S/C48H29N3O/c49-30-31-24-26-32(27-25-31)34-14-10-15-35(28-34)43-29-44(51-47(50-43)33-12-2-1-3-13-33)38-18-11-22-42-46(38)52-45-23-9-8-21-41(45)48(42)39-19-6-4-16-36(39)37-17-5-7-20-40(37)48/h1-29H. The van der Waals surface area contributed by atoms with E-state index in [-0.39, 0.29) is 0 Å². The predicted molar refractivity (Wildman–Crippen MR) is 206 cm³/mol. The normalized spacial score (nSPS) is 12.9. The van der Waals surface area contributed by atoms with Gasteiger partial charge in [0, 0.05) is 27.8 Å². The molecule has 0 bridgehead atoms. The molecule has 4 nitrogen and oxygen atoms in total. The van der Waals surface area contributed by atoms with E-state index >= 15 is 0 Å². The van der Waals surface area contributed by atoms with E-state index in [1.54, 1.807) is 0 Å². The minimum atomic E-state index is -0.569. The van der Waals surface area contributed by atoms with Gasteiger partial charge in [0.1, 0.15) is 11.5 Å². The van der Waals surface area contributed by atoms with Crippen molar-refractivity contribution in [3.63, 3.8) is 0 Å². The predicted octanol–water partition coefficient (Wildman–Crippen LogP) is 11.5. The summed E-state index contributed by atoms with van der Waals surface area (Å²) in [5, 5.41) is 9.33. The van der Waals surface area contributed by atoms with Crippen LogP contribution in [0.2, 0.25) is 0 Å². The van der Waals surface area contributed by atoms with Crippen molar-refractivity contribution in [2.75, 3.05) is 0 Å². The molecule has 242 valence electrons. The topological polar surface area (TPSA) is 58.8 Å². The van der Waals surface area contributed by atoms with Crippen LogP contribution in [0.25, 0.3) is 56.2 Å². The summed E-state index contributed by atoms with van der Waals surface area (Å²) >= 11 is 0. The van der Waals surface area contributed by atoms with E-state index in [0.29, 0.717) is 11.4 Å². The molecule has 0 unspecified atom stereocenters. The number of nitrogens with zero attached hydrogens (tertiary/aromatic N) is 3. The van der Waals surface area contributed by atoms with Crippen LogP contribution in [0.5, 0.6) is 11.5 Å². The molecule has 1 aliphatic heterocycles. The van der Waals surface area contributed by atoms with Crippen molar-refractivity contribution >= 4 is 0 Å². The Kier molecular flexibility index (Phi) is 6.74. The molecule has 0 fully saturated rings. The Morgan fingerprint density at radius 1 is 0.442 bits per heavy atom. The minimum absolute atomic E-state index is 0.569. The summed E-state index contributed by atoms with van der Waals surface area (Å²) in [6.45, 7) is 0. The maximum Gasteiger partial charge on any atom is 0.160 e. The molecule has 4 heteroatoms. The van der Waals surface area contributed by atoms with Gasteiger partial charge in [-0.15, -0.1) is 0 Å². The number of fused-ring (bicyclic) bond motifs is 9. The first-order chi connectivity index (χ1) is 25.7. The van der Waals surface area contributed by atoms with E-state index in [9.17, 15) is 5.26 Å². The Morgan fingerprint density at radius 2 is 1.02 bits per heavy atom. The molecule has 8 aromatic rings. The van der Waals surface area contributed by atoms with E-state index in [1.165, 1.54) is 22.3 Å². The van der Waals surface area contributed by atoms with Crippen LogP contribution in [0.1, 0.15) is 27.8 Å². The van der Waals surface area contributed by atoms with Gasteiger partial charge in [-0.25, -0.2) is 9.97 Å². The highest BCUT2D eigenvalue weighted by Gasteiger charge is 2.51. The lowest BCUT2D eigenvalue weighted by Crippen LogP contribution is -2.32. The third-order valence-corrected chi connectivity index (χ3v) is 10.4. The van der Waals surface area contributed by atoms with Gasteiger partial charge in [-0.1, -0.05) is 140 Å². The van der Waals surface area contributed by atoms with Crippen molar-refractivity contribution in [3.8, 4) is 73.7 Å². The summed E-state index contributed by atoms with van der Waals surface area (Å²) in [6, 6.07) is 62.9. The number of para-hydroxylation sites is 2. The third-order valence-electron chi connectivity index (χ3n) is 10.4. The lowest BCUT2D eigenvalue weighted by molar-refractivity contribution is 0.438. The fraction of sp³-hybridized carbons (Fsp3) is 0.0208. The van der Waals surface area contributed by atoms with Crippen molar-refractivity contribution in [2.24, 2.45) is 0 Å². The SMILES string of the molecule is N#Cc1ccc(-c2cccc(-c3cc(-c4cccc5c4Oc4ccccc4C54c5ccccc5-c5ccccc54)nc(-c4ccccc4)n3)c2)cc1. The van der Waals surface area contributed by atoms with Gasteiger partial charge in [0.2, 0.25) is 0 Å². The van der Waals surface area contributed by atoms with Crippen LogP contribution in [-0.4, -0.2) is 9.97 Å². The van der Waals surface area contributed by atoms with E-state index in [2.05, 4.69) is 121 Å². The first kappa shape index (κ1) is 29.8. The second kappa shape index (κ2) is 11.8. The Morgan fingerprint density at radius 3 is 1.77 bits per heavy atom. The van der Waals surface area contributed by atoms with Crippen molar-refractivity contribution in [2.45, 2.75) is 5.41 Å². The highest BCUT2D eigenvalue weighted by molar-refractivity contribution is 5.90. The van der Waals surface area contributed by atoms with Crippen LogP contribution in [0, 0.1) is 11.3 Å². The van der Waals surface area contributed by atoms with Crippen LogP contribution < -0.4 is 4.74 Å². The average molecular weight is 664 g/mol. The molecule has 0 saturated carbocycles. The highest BCUT2D eigenvalue weighted by atomic mass is 16.5. The number of hydrogen-bond donors (Lipinski definition) is 0. The molecule has 1 aliphatic carbocycles. The van der Waals surface area contributed by atoms with Gasteiger partial charge in [0.05, 0.1) is 28.4 Å². The summed E-state index contributed by atoms with van der Waals surface area (Å²) < 4.78 is 6.98. The van der Waals surface area contributed by atoms with Crippen LogP contribution >= 0.6 is 0 Å². The lowest BCUT2D eigenvalue weighted by atomic mass is 9.65. The maximum atomic E-state index is 9.33. The largest absolute Gasteiger partial charge is 0.456 e. The zero-order valence-electron chi connectivity index (χ0n) is 28.0. The number of hydrogen-bond acceptors (Lipinski definition) is 4. The fourth-order valence-corrected chi connectivity index (χ4v) is 8.12. The molecular formula is C48H29N3O. The molecule has 2 heterocycles. The maximum absolute atomic E-state index is 9.33. The monoisotopic (exact) mass is 663 g/mol. The average Bonchev–Trinajstić information content (AvgIpc) is 3.51. The lowest BCUT2D eigenvalue weighted by Gasteiger charge is -2.40. The van der Waals surface area contributed by atoms with Crippen LogP contribution in [0.15, 0.2) is 176 Å². The second-order valence-electron chi connectivity index (χ2n) is 13.2. The molecule has 10 rings (SSSR count). The zero-order chi connectivity index (χ0) is 34.6. The Bertz CT molecular complexity index is 2680. The Hall–Kier alpha value is -7.09. The first-order valence-corrected chi connectivity index (χ1v) is 17.4. The molecule has 52 heavy (non-hydrogen) atoms. The van der Waals surface area contributed by atoms with Crippen molar-refractivity contribution in [1.29, 1.82) is 5.26 Å². The molecule has 0 radical (unpaired) electrons. The second-order valence-corrected chi connectivity index (χ2v) is 13.2. The van der Waals surface area contributed by atoms with Gasteiger partial charge in [-0.2, -0.15) is 5.26 Å². The van der Waals surface area contributed by atoms with Crippen LogP contribution in [-0.2, 0) is 5.41 Å². The van der Waals surface area contributed by atoms with E-state index in [4.69, 9.17) is 14.7 Å². The third kappa shape index (κ3) is 4.47. The number of aromatic nitrogens is 2. The smallest absolute Gasteiger partial charge is 0.160 e. The molecule has 0 amide bonds. The minimum Gasteiger partial charge on any atom is -0.456 e. The number of rotatable bonds is 4. The van der Waals surface area contributed by atoms with Gasteiger partial charge in [0.25, 0.3) is 0 Å². The quantitative estimate of drug-likeness (QED) is 0.188. The first-order valence-electron chi connectivity index (χ1n) is 17.4. The molecule has 1 aromatic heterocycles. The van der Waals surface area contributed by atoms with Crippen molar-refractivity contribution < 1.29 is 4.74 Å². The molecule has 0 atom stereocenters. The van der Waals surface area contributed by atoms with Gasteiger partial charge in [-0.3, -0.25) is 0 Å². The number of benzene rings is 7. The van der Waals surface area contributed by atoms with Gasteiger partial charge >= 0.3 is 0 Å². The van der Waals surface area contributed by atoms with E-state index in [0.717, 1.165) is 61.8 Å². The molecule has 0 saturated heterocycles. The Labute approximate surface area is 301 Å². The van der Waals surface area contributed by atoms with Crippen LogP contribution in [0.4, 0.5) is 0 Å². The summed E-state index contributed by atoms with van der Waals surface area (Å²) in [5.41, 5.74) is 13.7. The number of nitriles is 1. The van der Waals surface area contributed by atoms with E-state index in [1.807, 2.05) is 60.7 Å². The summed E-state index contributed by atoms with van der Waals surface area (Å²) in [4.78, 5) is 10.4. The molecule has 1 spiro atoms. The molecule has 0 N–H and O–H groups in total. The van der Waals surface area contributed by atoms with Crippen molar-refractivity contribution in [3.05, 3.63) is 204 Å². The number of ether oxygens (including phenoxy) is 1. The Balaban J connectivity index is 1.21.